The topological polar surface area (TPSA) is 57.0 Å². The molecule has 9 rings (SSSR count). The molecule has 0 saturated carbocycles. The Morgan fingerprint density at radius 3 is 2.34 bits per heavy atom. The first-order valence-corrected chi connectivity index (χ1v) is 21.4. The molecule has 5 aromatic carbocycles. The van der Waals surface area contributed by atoms with E-state index in [1.165, 1.54) is 16.3 Å². The van der Waals surface area contributed by atoms with Crippen molar-refractivity contribution in [2.45, 2.75) is 46.8 Å². The number of hydrogen-bond donors (Lipinski definition) is 0. The normalized spacial score (nSPS) is 11.7. The predicted molar refractivity (Wildman–Crippen MR) is 217 cm³/mol. The van der Waals surface area contributed by atoms with Gasteiger partial charge < -0.3 is 18.4 Å². The van der Waals surface area contributed by atoms with Gasteiger partial charge in [-0.2, -0.15) is 0 Å². The molecule has 53 heavy (non-hydrogen) atoms. The molecule has 0 saturated heterocycles. The molecule has 267 valence electrons. The molecule has 0 aliphatic carbocycles. The fraction of sp³-hybridized carbons (Fsp3) is 0.174. The van der Waals surface area contributed by atoms with Crippen molar-refractivity contribution >= 4 is 57.2 Å². The average molecular weight is 888 g/mol. The molecule has 4 heterocycles. The van der Waals surface area contributed by atoms with E-state index in [-0.39, 0.29) is 20.1 Å². The summed E-state index contributed by atoms with van der Waals surface area (Å²) < 4.78 is 14.1. The molecule has 9 aromatic rings. The Balaban J connectivity index is 0.000000180. The van der Waals surface area contributed by atoms with Crippen LogP contribution < -0.4 is 5.19 Å². The largest absolute Gasteiger partial charge is 0.557 e. The number of rotatable bonds is 6. The Morgan fingerprint density at radius 1 is 0.774 bits per heavy atom. The molecule has 4 aromatic heterocycles. The van der Waals surface area contributed by atoms with Crippen LogP contribution in [0.4, 0.5) is 0 Å². The number of pyridine rings is 1. The monoisotopic (exact) mass is 888 g/mol. The molecular weight excluding hydrogens is 847 g/mol. The summed E-state index contributed by atoms with van der Waals surface area (Å²) in [7, 11) is -1.34. The standard InChI is InChI=1S/C28H17N2O2.C18H24NSi.Ir/c1-17-10-13-25-21(14-17)22(16-31-25)28-29-23-7-3-4-8-24(23)30(28)18-11-12-20-19-6-2-5-9-26(19)32-27(20)15-18;1-14(2)11-16-12-17(15-9-7-6-8-10-15)19-13-18(16)20(3,4)5;/h2-15H,1H3;6-9,12-14H,11H2,1-5H3;/q2*-1;. The molecule has 0 aliphatic rings. The van der Waals surface area contributed by atoms with Gasteiger partial charge in [-0.15, -0.1) is 35.9 Å². The van der Waals surface area contributed by atoms with Gasteiger partial charge in [0.1, 0.15) is 11.2 Å². The van der Waals surface area contributed by atoms with Crippen LogP contribution in [0.3, 0.4) is 0 Å². The molecule has 7 heteroatoms. The Morgan fingerprint density at radius 2 is 1.55 bits per heavy atom. The van der Waals surface area contributed by atoms with Gasteiger partial charge in [-0.3, -0.25) is 4.98 Å². The van der Waals surface area contributed by atoms with Crippen molar-refractivity contribution in [2.75, 3.05) is 0 Å². The van der Waals surface area contributed by atoms with E-state index in [4.69, 9.17) is 13.8 Å². The van der Waals surface area contributed by atoms with Crippen LogP contribution in [-0.2, 0) is 26.5 Å². The number of para-hydroxylation sites is 3. The maximum Gasteiger partial charge on any atom is 0.137 e. The summed E-state index contributed by atoms with van der Waals surface area (Å²) in [5.41, 5.74) is 11.1. The number of nitrogens with zero attached hydrogens (tertiary/aromatic N) is 3. The van der Waals surface area contributed by atoms with Crippen LogP contribution in [0.1, 0.15) is 25.0 Å². The van der Waals surface area contributed by atoms with Crippen LogP contribution in [0.2, 0.25) is 19.6 Å². The van der Waals surface area contributed by atoms with E-state index in [2.05, 4.69) is 117 Å². The molecule has 5 nitrogen and oxygen atoms in total. The average Bonchev–Trinajstić information content (AvgIpc) is 3.84. The van der Waals surface area contributed by atoms with Gasteiger partial charge in [0.05, 0.1) is 24.9 Å². The third-order valence-electron chi connectivity index (χ3n) is 9.48. The van der Waals surface area contributed by atoms with Crippen molar-refractivity contribution in [3.05, 3.63) is 145 Å². The van der Waals surface area contributed by atoms with Gasteiger partial charge in [-0.25, -0.2) is 0 Å². The van der Waals surface area contributed by atoms with Crippen molar-refractivity contribution in [3.8, 4) is 28.3 Å². The van der Waals surface area contributed by atoms with Gasteiger partial charge >= 0.3 is 0 Å². The van der Waals surface area contributed by atoms with E-state index < -0.39 is 8.07 Å². The number of benzene rings is 5. The Kier molecular flexibility index (Phi) is 10.1. The molecule has 0 fully saturated rings. The first kappa shape index (κ1) is 36.3. The SMILES string of the molecule is CC(C)Cc1cc(-c2[c-]cccc2)ncc1[Si](C)(C)C.Cc1ccc2o[c-]c(-c3nc4ccccc4n3-c3ccc4c(c3)oc3ccccc34)c2c1.[Ir]. The molecule has 0 bridgehead atoms. The number of imidazole rings is 1. The number of fused-ring (bicyclic) bond motifs is 5. The van der Waals surface area contributed by atoms with Crippen molar-refractivity contribution in [3.63, 3.8) is 0 Å². The molecule has 0 atom stereocenters. The Bertz CT molecular complexity index is 2700. The second-order valence-corrected chi connectivity index (χ2v) is 20.0. The third-order valence-corrected chi connectivity index (χ3v) is 11.5. The minimum absolute atomic E-state index is 0. The minimum Gasteiger partial charge on any atom is -0.557 e. The van der Waals surface area contributed by atoms with Gasteiger partial charge in [0.15, 0.2) is 0 Å². The van der Waals surface area contributed by atoms with Crippen LogP contribution in [0.5, 0.6) is 0 Å². The number of hydrogen-bond acceptors (Lipinski definition) is 4. The Labute approximate surface area is 325 Å². The summed E-state index contributed by atoms with van der Waals surface area (Å²) in [5.74, 6) is 1.46. The number of furan rings is 2. The molecule has 0 unspecified atom stereocenters. The zero-order valence-corrected chi connectivity index (χ0v) is 34.2. The van der Waals surface area contributed by atoms with Gasteiger partial charge in [-0.05, 0) is 60.5 Å². The van der Waals surface area contributed by atoms with Crippen molar-refractivity contribution in [2.24, 2.45) is 5.92 Å². The molecule has 0 N–H and O–H groups in total. The van der Waals surface area contributed by atoms with E-state index in [0.29, 0.717) is 5.92 Å². The minimum atomic E-state index is -1.34. The quantitative estimate of drug-likeness (QED) is 0.123. The molecular formula is C46H41IrN3O2Si-2. The zero-order valence-electron chi connectivity index (χ0n) is 30.8. The van der Waals surface area contributed by atoms with E-state index >= 15 is 0 Å². The van der Waals surface area contributed by atoms with Crippen LogP contribution in [0.25, 0.3) is 72.3 Å². The number of aromatic nitrogens is 3. The summed E-state index contributed by atoms with van der Waals surface area (Å²) in [5, 5.41) is 4.72. The summed E-state index contributed by atoms with van der Waals surface area (Å²) in [6, 6.07) is 42.4. The first-order chi connectivity index (χ1) is 25.1. The van der Waals surface area contributed by atoms with Gasteiger partial charge in [0.25, 0.3) is 0 Å². The molecule has 1 radical (unpaired) electrons. The second kappa shape index (κ2) is 14.7. The fourth-order valence-corrected chi connectivity index (χ4v) is 8.63. The van der Waals surface area contributed by atoms with Crippen LogP contribution in [0.15, 0.2) is 130 Å². The predicted octanol–water partition coefficient (Wildman–Crippen LogP) is 11.7. The van der Waals surface area contributed by atoms with E-state index in [1.807, 2.05) is 66.7 Å². The van der Waals surface area contributed by atoms with Crippen molar-refractivity contribution in [1.29, 1.82) is 0 Å². The summed E-state index contributed by atoms with van der Waals surface area (Å²) in [6.07, 6.45) is 6.34. The zero-order chi connectivity index (χ0) is 36.0. The molecule has 0 aliphatic heterocycles. The Hall–Kier alpha value is -5.07. The van der Waals surface area contributed by atoms with Crippen LogP contribution >= 0.6 is 0 Å². The van der Waals surface area contributed by atoms with E-state index in [9.17, 15) is 0 Å². The summed E-state index contributed by atoms with van der Waals surface area (Å²) >= 11 is 0. The summed E-state index contributed by atoms with van der Waals surface area (Å²) in [6.45, 7) is 13.8. The van der Waals surface area contributed by atoms with Crippen molar-refractivity contribution in [1.82, 2.24) is 14.5 Å². The molecule has 0 amide bonds. The van der Waals surface area contributed by atoms with Gasteiger partial charge in [0, 0.05) is 60.7 Å². The van der Waals surface area contributed by atoms with Gasteiger partial charge in [-0.1, -0.05) is 110 Å². The van der Waals surface area contributed by atoms with E-state index in [1.54, 1.807) is 0 Å². The first-order valence-electron chi connectivity index (χ1n) is 17.9. The maximum atomic E-state index is 6.16. The van der Waals surface area contributed by atoms with Gasteiger partial charge in [0.2, 0.25) is 0 Å². The van der Waals surface area contributed by atoms with Crippen molar-refractivity contribution < 1.29 is 28.9 Å². The summed E-state index contributed by atoms with van der Waals surface area (Å²) in [4.78, 5) is 9.66. The fourth-order valence-electron chi connectivity index (χ4n) is 7.05. The maximum absolute atomic E-state index is 6.16. The van der Waals surface area contributed by atoms with Crippen LogP contribution in [-0.4, -0.2) is 22.6 Å². The third kappa shape index (κ3) is 7.17. The number of aryl methyl sites for hydroxylation is 1. The molecule has 0 spiro atoms. The smallest absolute Gasteiger partial charge is 0.137 e. The van der Waals surface area contributed by atoms with Crippen LogP contribution in [0, 0.1) is 25.2 Å². The second-order valence-electron chi connectivity index (χ2n) is 15.0. The van der Waals surface area contributed by atoms with E-state index in [0.717, 1.165) is 78.7 Å².